The largest absolute Gasteiger partial charge is 0.306 e. The molecular formula is C9H10OS. The fourth-order valence-corrected chi connectivity index (χ4v) is 1.19. The van der Waals surface area contributed by atoms with Crippen molar-refractivity contribution in [3.8, 4) is 0 Å². The van der Waals surface area contributed by atoms with Crippen LogP contribution in [0, 0.1) is 0 Å². The van der Waals surface area contributed by atoms with Crippen molar-refractivity contribution in [2.75, 3.05) is 6.61 Å². The molecule has 1 aromatic rings. The van der Waals surface area contributed by atoms with E-state index in [1.54, 1.807) is 6.08 Å². The van der Waals surface area contributed by atoms with Crippen molar-refractivity contribution in [1.29, 1.82) is 0 Å². The molecular weight excluding hydrogens is 156 g/mol. The lowest BCUT2D eigenvalue weighted by Gasteiger charge is -1.97. The molecule has 0 aliphatic rings. The van der Waals surface area contributed by atoms with Crippen LogP contribution >= 0.6 is 12.0 Å². The van der Waals surface area contributed by atoms with Gasteiger partial charge in [0.25, 0.3) is 0 Å². The molecule has 1 rings (SSSR count). The Kier molecular flexibility index (Phi) is 3.80. The van der Waals surface area contributed by atoms with Crippen molar-refractivity contribution < 1.29 is 4.18 Å². The Hall–Kier alpha value is -0.730. The van der Waals surface area contributed by atoms with E-state index in [-0.39, 0.29) is 0 Å². The van der Waals surface area contributed by atoms with Crippen LogP contribution in [0.2, 0.25) is 0 Å². The van der Waals surface area contributed by atoms with Crippen molar-refractivity contribution in [2.24, 2.45) is 0 Å². The maximum absolute atomic E-state index is 5.17. The molecule has 58 valence electrons. The first-order valence-electron chi connectivity index (χ1n) is 3.39. The predicted octanol–water partition coefficient (Wildman–Crippen LogP) is 2.90. The summed E-state index contributed by atoms with van der Waals surface area (Å²) in [5, 5.41) is 0. The van der Waals surface area contributed by atoms with Crippen molar-refractivity contribution in [1.82, 2.24) is 0 Å². The highest BCUT2D eigenvalue weighted by atomic mass is 32.2. The highest BCUT2D eigenvalue weighted by Gasteiger charge is 1.89. The Labute approximate surface area is 71.3 Å². The van der Waals surface area contributed by atoms with Crippen LogP contribution in [0.3, 0.4) is 0 Å². The van der Waals surface area contributed by atoms with E-state index < -0.39 is 0 Å². The van der Waals surface area contributed by atoms with Gasteiger partial charge in [0.2, 0.25) is 0 Å². The molecule has 0 saturated carbocycles. The van der Waals surface area contributed by atoms with E-state index in [0.717, 1.165) is 4.90 Å². The average Bonchev–Trinajstić information content (AvgIpc) is 2.07. The molecule has 0 amide bonds. The molecule has 1 aromatic carbocycles. The fraction of sp³-hybridized carbons (Fsp3) is 0.111. The lowest BCUT2D eigenvalue weighted by Crippen LogP contribution is -1.78. The molecule has 1 nitrogen and oxygen atoms in total. The summed E-state index contributed by atoms with van der Waals surface area (Å²) in [6.07, 6.45) is 1.73. The molecule has 2 heteroatoms. The summed E-state index contributed by atoms with van der Waals surface area (Å²) in [6.45, 7) is 4.14. The zero-order valence-corrected chi connectivity index (χ0v) is 7.01. The van der Waals surface area contributed by atoms with Gasteiger partial charge in [-0.2, -0.15) is 0 Å². The Bertz CT molecular complexity index is 208. The second-order valence-electron chi connectivity index (χ2n) is 1.97. The van der Waals surface area contributed by atoms with E-state index in [9.17, 15) is 0 Å². The normalized spacial score (nSPS) is 9.45. The van der Waals surface area contributed by atoms with Crippen LogP contribution in [-0.2, 0) is 4.18 Å². The minimum Gasteiger partial charge on any atom is -0.306 e. The lowest BCUT2D eigenvalue weighted by atomic mass is 10.4. The first-order chi connectivity index (χ1) is 5.43. The maximum Gasteiger partial charge on any atom is 0.0797 e. The predicted molar refractivity (Wildman–Crippen MR) is 48.4 cm³/mol. The molecule has 0 aromatic heterocycles. The van der Waals surface area contributed by atoms with Crippen LogP contribution in [0.1, 0.15) is 0 Å². The van der Waals surface area contributed by atoms with Crippen LogP contribution in [0.4, 0.5) is 0 Å². The average molecular weight is 166 g/mol. The third-order valence-corrected chi connectivity index (χ3v) is 1.80. The van der Waals surface area contributed by atoms with Crippen molar-refractivity contribution in [2.45, 2.75) is 4.90 Å². The van der Waals surface area contributed by atoms with Gasteiger partial charge in [-0.1, -0.05) is 24.3 Å². The van der Waals surface area contributed by atoms with Gasteiger partial charge in [-0.05, 0) is 12.1 Å². The van der Waals surface area contributed by atoms with Crippen LogP contribution in [-0.4, -0.2) is 6.61 Å². The molecule has 0 N–H and O–H groups in total. The summed E-state index contributed by atoms with van der Waals surface area (Å²) in [5.74, 6) is 0. The zero-order chi connectivity index (χ0) is 7.94. The molecule has 0 bridgehead atoms. The number of hydrogen-bond donors (Lipinski definition) is 0. The highest BCUT2D eigenvalue weighted by molar-refractivity contribution is 7.94. The smallest absolute Gasteiger partial charge is 0.0797 e. The molecule has 0 saturated heterocycles. The van der Waals surface area contributed by atoms with Gasteiger partial charge in [-0.25, -0.2) is 0 Å². The highest BCUT2D eigenvalue weighted by Crippen LogP contribution is 2.17. The summed E-state index contributed by atoms with van der Waals surface area (Å²) >= 11 is 1.37. The number of rotatable bonds is 4. The van der Waals surface area contributed by atoms with Crippen LogP contribution in [0.5, 0.6) is 0 Å². The molecule has 0 spiro atoms. The van der Waals surface area contributed by atoms with Crippen molar-refractivity contribution in [3.05, 3.63) is 43.0 Å². The molecule has 0 heterocycles. The third kappa shape index (κ3) is 3.25. The van der Waals surface area contributed by atoms with Gasteiger partial charge in [0.15, 0.2) is 0 Å². The standard InChI is InChI=1S/C9H10OS/c1-2-8-10-11-9-6-4-3-5-7-9/h2-7H,1,8H2. The van der Waals surface area contributed by atoms with Gasteiger partial charge in [-0.15, -0.1) is 6.58 Å². The molecule has 0 unspecified atom stereocenters. The second kappa shape index (κ2) is 4.99. The third-order valence-electron chi connectivity index (χ3n) is 1.08. The molecule has 11 heavy (non-hydrogen) atoms. The first kappa shape index (κ1) is 8.37. The Morgan fingerprint density at radius 1 is 1.36 bits per heavy atom. The van der Waals surface area contributed by atoms with Gasteiger partial charge in [0.1, 0.15) is 0 Å². The van der Waals surface area contributed by atoms with E-state index in [4.69, 9.17) is 4.18 Å². The van der Waals surface area contributed by atoms with Gasteiger partial charge >= 0.3 is 0 Å². The Morgan fingerprint density at radius 2 is 2.09 bits per heavy atom. The number of hydrogen-bond acceptors (Lipinski definition) is 2. The summed E-state index contributed by atoms with van der Waals surface area (Å²) in [7, 11) is 0. The van der Waals surface area contributed by atoms with E-state index in [0.29, 0.717) is 6.61 Å². The zero-order valence-electron chi connectivity index (χ0n) is 6.19. The monoisotopic (exact) mass is 166 g/mol. The van der Waals surface area contributed by atoms with Gasteiger partial charge in [-0.3, -0.25) is 0 Å². The van der Waals surface area contributed by atoms with Gasteiger partial charge in [0.05, 0.1) is 6.61 Å². The summed E-state index contributed by atoms with van der Waals surface area (Å²) in [6, 6.07) is 9.97. The van der Waals surface area contributed by atoms with Crippen molar-refractivity contribution >= 4 is 12.0 Å². The summed E-state index contributed by atoms with van der Waals surface area (Å²) in [5.41, 5.74) is 0. The molecule has 0 aliphatic carbocycles. The van der Waals surface area contributed by atoms with E-state index in [1.807, 2.05) is 30.3 Å². The molecule has 0 atom stereocenters. The van der Waals surface area contributed by atoms with E-state index in [1.165, 1.54) is 12.0 Å². The number of benzene rings is 1. The maximum atomic E-state index is 5.17. The van der Waals surface area contributed by atoms with Gasteiger partial charge in [0, 0.05) is 16.9 Å². The van der Waals surface area contributed by atoms with E-state index in [2.05, 4.69) is 6.58 Å². The van der Waals surface area contributed by atoms with Crippen molar-refractivity contribution in [3.63, 3.8) is 0 Å². The quantitative estimate of drug-likeness (QED) is 0.386. The lowest BCUT2D eigenvalue weighted by molar-refractivity contribution is 0.429. The minimum atomic E-state index is 0.583. The molecule has 0 radical (unpaired) electrons. The van der Waals surface area contributed by atoms with E-state index >= 15 is 0 Å². The minimum absolute atomic E-state index is 0.583. The Balaban J connectivity index is 2.33. The SMILES string of the molecule is C=CCOSc1ccccc1. The fourth-order valence-electron chi connectivity index (χ4n) is 0.626. The second-order valence-corrected chi connectivity index (χ2v) is 2.84. The summed E-state index contributed by atoms with van der Waals surface area (Å²) in [4.78, 5) is 1.12. The Morgan fingerprint density at radius 3 is 2.73 bits per heavy atom. The first-order valence-corrected chi connectivity index (χ1v) is 4.13. The van der Waals surface area contributed by atoms with Crippen LogP contribution in [0.15, 0.2) is 47.9 Å². The van der Waals surface area contributed by atoms with Crippen LogP contribution < -0.4 is 0 Å². The topological polar surface area (TPSA) is 9.23 Å². The molecule has 0 fully saturated rings. The van der Waals surface area contributed by atoms with Crippen LogP contribution in [0.25, 0.3) is 0 Å². The van der Waals surface area contributed by atoms with Gasteiger partial charge < -0.3 is 4.18 Å². The molecule has 0 aliphatic heterocycles. The summed E-state index contributed by atoms with van der Waals surface area (Å²) < 4.78 is 5.17.